The molecule has 0 aliphatic heterocycles. The molecular weight excluding hydrogens is 224 g/mol. The van der Waals surface area contributed by atoms with Crippen molar-refractivity contribution in [2.45, 2.75) is 0 Å². The van der Waals surface area contributed by atoms with Gasteiger partial charge >= 0.3 is 11.9 Å². The molecule has 2 rings (SSSR count). The van der Waals surface area contributed by atoms with Crippen LogP contribution >= 0.6 is 0 Å². The topological polar surface area (TPSA) is 81.4 Å². The molecule has 0 aliphatic carbocycles. The third-order valence-electron chi connectivity index (χ3n) is 2.48. The van der Waals surface area contributed by atoms with Gasteiger partial charge in [-0.3, -0.25) is 4.68 Å². The van der Waals surface area contributed by atoms with Crippen LogP contribution in [0.2, 0.25) is 0 Å². The van der Waals surface area contributed by atoms with Gasteiger partial charge in [0.15, 0.2) is 5.69 Å². The molecule has 1 heterocycles. The number of fused-ring (bicyclic) bond motifs is 1. The van der Waals surface area contributed by atoms with Crippen molar-refractivity contribution in [2.24, 2.45) is 7.05 Å². The lowest BCUT2D eigenvalue weighted by Crippen LogP contribution is -2.03. The Hall–Kier alpha value is -2.37. The molecule has 1 aromatic carbocycles. The molecule has 0 aliphatic rings. The van der Waals surface area contributed by atoms with Gasteiger partial charge < -0.3 is 9.84 Å². The lowest BCUT2D eigenvalue weighted by molar-refractivity contribution is 0.0594. The van der Waals surface area contributed by atoms with Crippen LogP contribution in [0.25, 0.3) is 10.9 Å². The summed E-state index contributed by atoms with van der Waals surface area (Å²) in [6.45, 7) is 0. The summed E-state index contributed by atoms with van der Waals surface area (Å²) < 4.78 is 6.10. The number of nitrogens with zero attached hydrogens (tertiary/aromatic N) is 2. The molecule has 0 saturated carbocycles. The molecule has 0 fully saturated rings. The summed E-state index contributed by atoms with van der Waals surface area (Å²) in [6.07, 6.45) is 0. The number of ether oxygens (including phenoxy) is 1. The second kappa shape index (κ2) is 3.89. The summed E-state index contributed by atoms with van der Waals surface area (Å²) in [7, 11) is 2.93. The van der Waals surface area contributed by atoms with Gasteiger partial charge in [0.1, 0.15) is 0 Å². The summed E-state index contributed by atoms with van der Waals surface area (Å²) >= 11 is 0. The number of carboxylic acid groups (broad SMARTS) is 1. The molecule has 0 saturated heterocycles. The maximum Gasteiger partial charge on any atom is 0.359 e. The van der Waals surface area contributed by atoms with Gasteiger partial charge in [-0.25, -0.2) is 9.59 Å². The van der Waals surface area contributed by atoms with E-state index in [-0.39, 0.29) is 11.3 Å². The van der Waals surface area contributed by atoms with Gasteiger partial charge in [-0.1, -0.05) is 0 Å². The fourth-order valence-electron chi connectivity index (χ4n) is 1.65. The van der Waals surface area contributed by atoms with Crippen molar-refractivity contribution in [1.29, 1.82) is 0 Å². The third kappa shape index (κ3) is 1.73. The van der Waals surface area contributed by atoms with E-state index in [2.05, 4.69) is 9.84 Å². The molecule has 0 bridgehead atoms. The standard InChI is InChI=1S/C11H10N2O4/c1-13-8-4-3-6(10(14)15)5-7(8)9(12-13)11(16)17-2/h3-5H,1-2H3,(H,14,15). The minimum atomic E-state index is -1.05. The van der Waals surface area contributed by atoms with Gasteiger partial charge in [0.2, 0.25) is 0 Å². The van der Waals surface area contributed by atoms with Gasteiger partial charge in [-0.05, 0) is 18.2 Å². The minimum absolute atomic E-state index is 0.107. The van der Waals surface area contributed by atoms with Crippen LogP contribution in [-0.4, -0.2) is 33.9 Å². The van der Waals surface area contributed by atoms with Crippen molar-refractivity contribution >= 4 is 22.8 Å². The Kier molecular flexibility index (Phi) is 2.55. The Morgan fingerprint density at radius 2 is 2.12 bits per heavy atom. The van der Waals surface area contributed by atoms with Crippen molar-refractivity contribution < 1.29 is 19.4 Å². The monoisotopic (exact) mass is 234 g/mol. The summed E-state index contributed by atoms with van der Waals surface area (Å²) in [5.41, 5.74) is 0.902. The van der Waals surface area contributed by atoms with Crippen LogP contribution in [-0.2, 0) is 11.8 Å². The number of esters is 1. The molecule has 2 aromatic rings. The molecule has 0 spiro atoms. The summed E-state index contributed by atoms with van der Waals surface area (Å²) in [4.78, 5) is 22.3. The SMILES string of the molecule is COC(=O)c1nn(C)c2ccc(C(=O)O)cc12. The molecule has 17 heavy (non-hydrogen) atoms. The lowest BCUT2D eigenvalue weighted by Gasteiger charge is -1.97. The van der Waals surface area contributed by atoms with E-state index in [0.717, 1.165) is 0 Å². The molecule has 0 atom stereocenters. The Balaban J connectivity index is 2.73. The number of carbonyl (C=O) groups excluding carboxylic acids is 1. The quantitative estimate of drug-likeness (QED) is 0.785. The molecule has 0 amide bonds. The largest absolute Gasteiger partial charge is 0.478 e. The van der Waals surface area contributed by atoms with Gasteiger partial charge in [0.05, 0.1) is 18.2 Å². The molecular formula is C11H10N2O4. The third-order valence-corrected chi connectivity index (χ3v) is 2.48. The number of aryl methyl sites for hydroxylation is 1. The summed E-state index contributed by atoms with van der Waals surface area (Å²) in [5.74, 6) is -1.63. The molecule has 6 heteroatoms. The Morgan fingerprint density at radius 1 is 1.41 bits per heavy atom. The number of hydrogen-bond acceptors (Lipinski definition) is 4. The van der Waals surface area contributed by atoms with E-state index >= 15 is 0 Å². The number of carboxylic acids is 1. The first-order valence-corrected chi connectivity index (χ1v) is 4.83. The maximum absolute atomic E-state index is 11.5. The molecule has 1 N–H and O–H groups in total. The highest BCUT2D eigenvalue weighted by atomic mass is 16.5. The average Bonchev–Trinajstić information content (AvgIpc) is 2.65. The number of methoxy groups -OCH3 is 1. The van der Waals surface area contributed by atoms with Crippen LogP contribution in [0, 0.1) is 0 Å². The number of aromatic nitrogens is 2. The first kappa shape index (κ1) is 11.1. The Labute approximate surface area is 96.4 Å². The highest BCUT2D eigenvalue weighted by Crippen LogP contribution is 2.20. The first-order chi connectivity index (χ1) is 8.04. The van der Waals surface area contributed by atoms with Gasteiger partial charge in [0, 0.05) is 12.4 Å². The van der Waals surface area contributed by atoms with Gasteiger partial charge in [-0.15, -0.1) is 0 Å². The molecule has 1 aromatic heterocycles. The smallest absolute Gasteiger partial charge is 0.359 e. The normalized spacial score (nSPS) is 10.5. The maximum atomic E-state index is 11.5. The van der Waals surface area contributed by atoms with E-state index < -0.39 is 11.9 Å². The van der Waals surface area contributed by atoms with Crippen molar-refractivity contribution in [3.05, 3.63) is 29.5 Å². The van der Waals surface area contributed by atoms with Crippen molar-refractivity contribution in [3.8, 4) is 0 Å². The van der Waals surface area contributed by atoms with Crippen molar-refractivity contribution in [1.82, 2.24) is 9.78 Å². The molecule has 6 nitrogen and oxygen atoms in total. The molecule has 0 unspecified atom stereocenters. The summed E-state index contributed by atoms with van der Waals surface area (Å²) in [5, 5.41) is 13.4. The summed E-state index contributed by atoms with van der Waals surface area (Å²) in [6, 6.07) is 4.49. The van der Waals surface area contributed by atoms with Crippen molar-refractivity contribution in [2.75, 3.05) is 7.11 Å². The first-order valence-electron chi connectivity index (χ1n) is 4.83. The fraction of sp³-hybridized carbons (Fsp3) is 0.182. The van der Waals surface area contributed by atoms with E-state index in [0.29, 0.717) is 10.9 Å². The highest BCUT2D eigenvalue weighted by molar-refractivity contribution is 6.04. The van der Waals surface area contributed by atoms with Gasteiger partial charge in [0.25, 0.3) is 0 Å². The van der Waals surface area contributed by atoms with E-state index in [9.17, 15) is 9.59 Å². The lowest BCUT2D eigenvalue weighted by atomic mass is 10.1. The predicted molar refractivity (Wildman–Crippen MR) is 59.0 cm³/mol. The predicted octanol–water partition coefficient (Wildman–Crippen LogP) is 1.06. The van der Waals surface area contributed by atoms with E-state index in [1.54, 1.807) is 13.1 Å². The molecule has 88 valence electrons. The second-order valence-corrected chi connectivity index (χ2v) is 3.50. The fourth-order valence-corrected chi connectivity index (χ4v) is 1.65. The zero-order valence-electron chi connectivity index (χ0n) is 9.30. The van der Waals surface area contributed by atoms with Gasteiger partial charge in [-0.2, -0.15) is 5.10 Å². The van der Waals surface area contributed by atoms with Crippen LogP contribution in [0.1, 0.15) is 20.8 Å². The van der Waals surface area contributed by atoms with Crippen LogP contribution in [0.4, 0.5) is 0 Å². The highest BCUT2D eigenvalue weighted by Gasteiger charge is 2.17. The molecule has 0 radical (unpaired) electrons. The van der Waals surface area contributed by atoms with Crippen LogP contribution < -0.4 is 0 Å². The average molecular weight is 234 g/mol. The van der Waals surface area contributed by atoms with Crippen LogP contribution in [0.15, 0.2) is 18.2 Å². The zero-order valence-corrected chi connectivity index (χ0v) is 9.30. The Morgan fingerprint density at radius 3 is 2.71 bits per heavy atom. The van der Waals surface area contributed by atoms with E-state index in [1.807, 2.05) is 0 Å². The number of benzene rings is 1. The number of carbonyl (C=O) groups is 2. The van der Waals surface area contributed by atoms with Crippen LogP contribution in [0.5, 0.6) is 0 Å². The number of aromatic carboxylic acids is 1. The van der Waals surface area contributed by atoms with E-state index in [4.69, 9.17) is 5.11 Å². The second-order valence-electron chi connectivity index (χ2n) is 3.50. The minimum Gasteiger partial charge on any atom is -0.478 e. The zero-order chi connectivity index (χ0) is 12.6. The number of hydrogen-bond donors (Lipinski definition) is 1. The van der Waals surface area contributed by atoms with Crippen LogP contribution in [0.3, 0.4) is 0 Å². The van der Waals surface area contributed by atoms with Crippen molar-refractivity contribution in [3.63, 3.8) is 0 Å². The Bertz CT molecular complexity index is 615. The number of rotatable bonds is 2. The van der Waals surface area contributed by atoms with E-state index in [1.165, 1.54) is 23.9 Å².